The third-order valence-corrected chi connectivity index (χ3v) is 3.34. The molecule has 3 N–H and O–H groups in total. The summed E-state index contributed by atoms with van der Waals surface area (Å²) in [7, 11) is 1.68. The molecule has 18 heavy (non-hydrogen) atoms. The largest absolute Gasteiger partial charge is 0.380 e. The second-order valence-electron chi connectivity index (χ2n) is 5.44. The number of aliphatic imine (C=N–C) groups is 1. The van der Waals surface area contributed by atoms with E-state index in [1.54, 1.807) is 7.11 Å². The molecule has 0 aliphatic heterocycles. The highest BCUT2D eigenvalue weighted by Gasteiger charge is 2.45. The van der Waals surface area contributed by atoms with Crippen LogP contribution in [0.4, 0.5) is 5.69 Å². The fourth-order valence-electron chi connectivity index (χ4n) is 1.92. The third kappa shape index (κ3) is 3.01. The first kappa shape index (κ1) is 12.9. The Morgan fingerprint density at radius 3 is 2.78 bits per heavy atom. The van der Waals surface area contributed by atoms with E-state index in [2.05, 4.69) is 24.2 Å². The van der Waals surface area contributed by atoms with E-state index < -0.39 is 0 Å². The Morgan fingerprint density at radius 1 is 1.50 bits per heavy atom. The maximum Gasteiger partial charge on any atom is 0.193 e. The van der Waals surface area contributed by atoms with E-state index in [4.69, 9.17) is 10.5 Å². The van der Waals surface area contributed by atoms with E-state index in [-0.39, 0.29) is 0 Å². The lowest BCUT2D eigenvalue weighted by atomic mass is 10.2. The lowest BCUT2D eigenvalue weighted by Gasteiger charge is -2.11. The molecule has 1 fully saturated rings. The SMILES string of the molecule is COCc1ccccc1NC(N)=NC1CC1(C)C. The second-order valence-corrected chi connectivity index (χ2v) is 5.44. The average Bonchev–Trinajstić information content (AvgIpc) is 2.89. The lowest BCUT2D eigenvalue weighted by Crippen LogP contribution is -2.24. The molecule has 1 aromatic carbocycles. The molecule has 0 spiro atoms. The van der Waals surface area contributed by atoms with Crippen LogP contribution < -0.4 is 11.1 Å². The number of nitrogens with one attached hydrogen (secondary N) is 1. The smallest absolute Gasteiger partial charge is 0.193 e. The van der Waals surface area contributed by atoms with Crippen LogP contribution >= 0.6 is 0 Å². The molecule has 1 aliphatic carbocycles. The second kappa shape index (κ2) is 4.98. The molecule has 0 bridgehead atoms. The molecule has 4 heteroatoms. The van der Waals surface area contributed by atoms with Gasteiger partial charge >= 0.3 is 0 Å². The van der Waals surface area contributed by atoms with Gasteiger partial charge < -0.3 is 15.8 Å². The van der Waals surface area contributed by atoms with Crippen LogP contribution in [0.15, 0.2) is 29.3 Å². The monoisotopic (exact) mass is 247 g/mol. The van der Waals surface area contributed by atoms with Crippen molar-refractivity contribution in [3.63, 3.8) is 0 Å². The van der Waals surface area contributed by atoms with Gasteiger partial charge in [0.1, 0.15) is 0 Å². The zero-order chi connectivity index (χ0) is 13.2. The summed E-state index contributed by atoms with van der Waals surface area (Å²) in [4.78, 5) is 4.48. The minimum Gasteiger partial charge on any atom is -0.380 e. The number of hydrogen-bond acceptors (Lipinski definition) is 2. The van der Waals surface area contributed by atoms with Gasteiger partial charge in [-0.25, -0.2) is 4.99 Å². The predicted octanol–water partition coefficient (Wildman–Crippen LogP) is 2.36. The quantitative estimate of drug-likeness (QED) is 0.634. The predicted molar refractivity (Wildman–Crippen MR) is 74.6 cm³/mol. The van der Waals surface area contributed by atoms with Crippen LogP contribution in [-0.4, -0.2) is 19.1 Å². The van der Waals surface area contributed by atoms with Crippen molar-refractivity contribution in [2.45, 2.75) is 32.9 Å². The van der Waals surface area contributed by atoms with Crippen molar-refractivity contribution in [3.8, 4) is 0 Å². The number of nitrogens with two attached hydrogens (primary N) is 1. The molecular weight excluding hydrogens is 226 g/mol. The molecule has 0 heterocycles. The van der Waals surface area contributed by atoms with E-state index in [1.165, 1.54) is 0 Å². The molecule has 0 radical (unpaired) electrons. The molecule has 98 valence electrons. The van der Waals surface area contributed by atoms with Crippen LogP contribution in [0.2, 0.25) is 0 Å². The molecule has 1 aliphatic rings. The van der Waals surface area contributed by atoms with E-state index >= 15 is 0 Å². The molecule has 1 aromatic rings. The molecule has 0 saturated heterocycles. The number of benzene rings is 1. The molecule has 0 aromatic heterocycles. The van der Waals surface area contributed by atoms with Crippen molar-refractivity contribution < 1.29 is 4.74 Å². The van der Waals surface area contributed by atoms with E-state index in [1.807, 2.05) is 24.3 Å². The first-order valence-corrected chi connectivity index (χ1v) is 6.20. The maximum atomic E-state index is 5.93. The summed E-state index contributed by atoms with van der Waals surface area (Å²) in [6.07, 6.45) is 1.11. The van der Waals surface area contributed by atoms with E-state index in [0.717, 1.165) is 17.7 Å². The van der Waals surface area contributed by atoms with Crippen molar-refractivity contribution in [1.82, 2.24) is 0 Å². The number of hydrogen-bond donors (Lipinski definition) is 2. The van der Waals surface area contributed by atoms with Crippen molar-refractivity contribution in [3.05, 3.63) is 29.8 Å². The van der Waals surface area contributed by atoms with Gasteiger partial charge in [-0.3, -0.25) is 0 Å². The number of ether oxygens (including phenoxy) is 1. The molecule has 0 amide bonds. The van der Waals surface area contributed by atoms with Gasteiger partial charge in [0.15, 0.2) is 5.96 Å². The van der Waals surface area contributed by atoms with Gasteiger partial charge in [-0.2, -0.15) is 0 Å². The Balaban J connectivity index is 2.05. The first-order chi connectivity index (χ1) is 8.53. The first-order valence-electron chi connectivity index (χ1n) is 6.20. The Hall–Kier alpha value is -1.55. The summed E-state index contributed by atoms with van der Waals surface area (Å²) >= 11 is 0. The Labute approximate surface area is 108 Å². The van der Waals surface area contributed by atoms with Crippen LogP contribution in [0.3, 0.4) is 0 Å². The average molecular weight is 247 g/mol. The van der Waals surface area contributed by atoms with Gasteiger partial charge in [0.2, 0.25) is 0 Å². The van der Waals surface area contributed by atoms with Crippen LogP contribution in [0, 0.1) is 5.41 Å². The van der Waals surface area contributed by atoms with Crippen molar-refractivity contribution >= 4 is 11.6 Å². The third-order valence-electron chi connectivity index (χ3n) is 3.34. The summed E-state index contributed by atoms with van der Waals surface area (Å²) in [5, 5.41) is 3.15. The number of nitrogens with zero attached hydrogens (tertiary/aromatic N) is 1. The highest BCUT2D eigenvalue weighted by Crippen LogP contribution is 2.47. The summed E-state index contributed by atoms with van der Waals surface area (Å²) in [6, 6.07) is 8.29. The zero-order valence-electron chi connectivity index (χ0n) is 11.2. The summed E-state index contributed by atoms with van der Waals surface area (Å²) in [6.45, 7) is 4.96. The van der Waals surface area contributed by atoms with Crippen molar-refractivity contribution in [2.75, 3.05) is 12.4 Å². The molecular formula is C14H21N3O. The standard InChI is InChI=1S/C14H21N3O/c1-14(2)8-12(14)17-13(15)16-11-7-5-4-6-10(11)9-18-3/h4-7,12H,8-9H2,1-3H3,(H3,15,16,17). The Bertz CT molecular complexity index is 454. The van der Waals surface area contributed by atoms with Crippen LogP contribution in [0.25, 0.3) is 0 Å². The lowest BCUT2D eigenvalue weighted by molar-refractivity contribution is 0.185. The number of guanidine groups is 1. The van der Waals surface area contributed by atoms with Gasteiger partial charge in [-0.1, -0.05) is 32.0 Å². The van der Waals surface area contributed by atoms with Gasteiger partial charge in [-0.15, -0.1) is 0 Å². The maximum absolute atomic E-state index is 5.93. The number of methoxy groups -OCH3 is 1. The van der Waals surface area contributed by atoms with E-state index in [0.29, 0.717) is 24.0 Å². The summed E-state index contributed by atoms with van der Waals surface area (Å²) in [5.41, 5.74) is 8.27. The van der Waals surface area contributed by atoms with Crippen molar-refractivity contribution in [1.29, 1.82) is 0 Å². The van der Waals surface area contributed by atoms with Gasteiger partial charge in [-0.05, 0) is 17.9 Å². The molecule has 1 saturated carbocycles. The Morgan fingerprint density at radius 2 is 2.17 bits per heavy atom. The van der Waals surface area contributed by atoms with Gasteiger partial charge in [0, 0.05) is 18.4 Å². The summed E-state index contributed by atoms with van der Waals surface area (Å²) < 4.78 is 5.16. The van der Waals surface area contributed by atoms with Gasteiger partial charge in [0.25, 0.3) is 0 Å². The minimum atomic E-state index is 0.304. The number of anilines is 1. The topological polar surface area (TPSA) is 59.6 Å². The molecule has 2 rings (SSSR count). The van der Waals surface area contributed by atoms with Crippen LogP contribution in [-0.2, 0) is 11.3 Å². The fourth-order valence-corrected chi connectivity index (χ4v) is 1.92. The number of para-hydroxylation sites is 1. The van der Waals surface area contributed by atoms with Crippen LogP contribution in [0.5, 0.6) is 0 Å². The fraction of sp³-hybridized carbons (Fsp3) is 0.500. The Kier molecular flexibility index (Phi) is 3.57. The molecule has 1 atom stereocenters. The molecule has 1 unspecified atom stereocenters. The normalized spacial score (nSPS) is 21.7. The van der Waals surface area contributed by atoms with Crippen LogP contribution in [0.1, 0.15) is 25.8 Å². The van der Waals surface area contributed by atoms with Crippen molar-refractivity contribution in [2.24, 2.45) is 16.1 Å². The highest BCUT2D eigenvalue weighted by atomic mass is 16.5. The molecule has 4 nitrogen and oxygen atoms in total. The zero-order valence-corrected chi connectivity index (χ0v) is 11.2. The minimum absolute atomic E-state index is 0.304. The van der Waals surface area contributed by atoms with E-state index in [9.17, 15) is 0 Å². The summed E-state index contributed by atoms with van der Waals surface area (Å²) in [5.74, 6) is 0.481. The highest BCUT2D eigenvalue weighted by molar-refractivity contribution is 5.93. The number of rotatable bonds is 4. The van der Waals surface area contributed by atoms with Gasteiger partial charge in [0.05, 0.1) is 12.6 Å².